The maximum Gasteiger partial charge on any atom is 0.304 e. The molecule has 0 radical (unpaired) electrons. The minimum atomic E-state index is -1.07. The van der Waals surface area contributed by atoms with Gasteiger partial charge >= 0.3 is 5.69 Å². The van der Waals surface area contributed by atoms with Crippen molar-refractivity contribution < 1.29 is 19.2 Å². The van der Waals surface area contributed by atoms with Crippen LogP contribution in [0.25, 0.3) is 0 Å². The molecule has 104 valence electrons. The Bertz CT molecular complexity index is 503. The van der Waals surface area contributed by atoms with Crippen LogP contribution in [-0.2, 0) is 0 Å². The molecule has 7 heteroatoms. The van der Waals surface area contributed by atoms with Gasteiger partial charge < -0.3 is 10.4 Å². The third kappa shape index (κ3) is 3.99. The summed E-state index contributed by atoms with van der Waals surface area (Å²) in [5, 5.41) is 22.6. The Balaban J connectivity index is 2.79. The number of hydrogen-bond donors (Lipinski definition) is 2. The highest BCUT2D eigenvalue weighted by atomic mass is 19.1. The second-order valence-corrected chi connectivity index (χ2v) is 4.46. The van der Waals surface area contributed by atoms with Gasteiger partial charge in [-0.15, -0.1) is 0 Å². The molecular formula is C12H15FN2O4. The zero-order valence-corrected chi connectivity index (χ0v) is 10.6. The van der Waals surface area contributed by atoms with Crippen molar-refractivity contribution in [2.75, 3.05) is 6.54 Å². The number of nitro benzene ring substituents is 1. The number of nitrogens with zero attached hydrogens (tertiary/aromatic N) is 1. The predicted molar refractivity (Wildman–Crippen MR) is 66.3 cm³/mol. The molecule has 1 unspecified atom stereocenters. The van der Waals surface area contributed by atoms with Crippen LogP contribution in [0, 0.1) is 15.9 Å². The van der Waals surface area contributed by atoms with Crippen LogP contribution in [0.3, 0.4) is 0 Å². The van der Waals surface area contributed by atoms with Crippen LogP contribution in [0.2, 0.25) is 0 Å². The molecule has 1 atom stereocenters. The molecule has 1 aromatic carbocycles. The summed E-state index contributed by atoms with van der Waals surface area (Å²) in [5.74, 6) is -1.66. The fraction of sp³-hybridized carbons (Fsp3) is 0.417. The van der Waals surface area contributed by atoms with Gasteiger partial charge in [0, 0.05) is 18.2 Å². The number of aliphatic hydroxyl groups is 1. The van der Waals surface area contributed by atoms with E-state index < -0.39 is 27.9 Å². The molecule has 0 saturated heterocycles. The third-order valence-electron chi connectivity index (χ3n) is 2.80. The van der Waals surface area contributed by atoms with E-state index in [1.165, 1.54) is 0 Å². The van der Waals surface area contributed by atoms with Crippen molar-refractivity contribution in [2.24, 2.45) is 0 Å². The molecule has 0 aliphatic heterocycles. The Hall–Kier alpha value is -2.02. The van der Waals surface area contributed by atoms with Gasteiger partial charge in [0.05, 0.1) is 10.5 Å². The molecular weight excluding hydrogens is 255 g/mol. The molecule has 0 saturated carbocycles. The molecule has 19 heavy (non-hydrogen) atoms. The number of nitrogens with one attached hydrogen (secondary N) is 1. The predicted octanol–water partition coefficient (Wildman–Crippen LogP) is 1.62. The largest absolute Gasteiger partial charge is 0.388 e. The summed E-state index contributed by atoms with van der Waals surface area (Å²) in [4.78, 5) is 21.3. The zero-order chi connectivity index (χ0) is 14.6. The second-order valence-electron chi connectivity index (χ2n) is 4.46. The first-order valence-corrected chi connectivity index (χ1v) is 5.71. The van der Waals surface area contributed by atoms with Crippen molar-refractivity contribution in [3.05, 3.63) is 39.7 Å². The number of rotatable bonds is 5. The summed E-state index contributed by atoms with van der Waals surface area (Å²) < 4.78 is 13.3. The number of halogens is 1. The number of nitro groups is 1. The van der Waals surface area contributed by atoms with Crippen LogP contribution in [0.15, 0.2) is 18.2 Å². The summed E-state index contributed by atoms with van der Waals surface area (Å²) >= 11 is 0. The van der Waals surface area contributed by atoms with Crippen molar-refractivity contribution in [1.82, 2.24) is 5.32 Å². The minimum Gasteiger partial charge on any atom is -0.388 e. The molecule has 0 bridgehead atoms. The van der Waals surface area contributed by atoms with E-state index in [4.69, 9.17) is 0 Å². The quantitative estimate of drug-likeness (QED) is 0.628. The van der Waals surface area contributed by atoms with Crippen molar-refractivity contribution in [1.29, 1.82) is 0 Å². The lowest BCUT2D eigenvalue weighted by Gasteiger charge is -2.21. The summed E-state index contributed by atoms with van der Waals surface area (Å²) in [5.41, 5.74) is -1.76. The first-order chi connectivity index (χ1) is 8.76. The van der Waals surface area contributed by atoms with Gasteiger partial charge in [-0.05, 0) is 25.5 Å². The third-order valence-corrected chi connectivity index (χ3v) is 2.80. The van der Waals surface area contributed by atoms with Crippen molar-refractivity contribution in [3.8, 4) is 0 Å². The van der Waals surface area contributed by atoms with Gasteiger partial charge in [0.25, 0.3) is 5.91 Å². The van der Waals surface area contributed by atoms with Crippen molar-refractivity contribution >= 4 is 11.6 Å². The van der Waals surface area contributed by atoms with E-state index >= 15 is 0 Å². The zero-order valence-electron chi connectivity index (χ0n) is 10.6. The van der Waals surface area contributed by atoms with E-state index in [2.05, 4.69) is 5.32 Å². The Kier molecular flexibility index (Phi) is 4.55. The van der Waals surface area contributed by atoms with E-state index in [0.717, 1.165) is 18.2 Å². The van der Waals surface area contributed by atoms with Gasteiger partial charge in [0.15, 0.2) is 0 Å². The van der Waals surface area contributed by atoms with Crippen LogP contribution < -0.4 is 5.32 Å². The molecule has 2 N–H and O–H groups in total. The smallest absolute Gasteiger partial charge is 0.304 e. The standard InChI is InChI=1S/C12H15FN2O4/c1-3-12(2,17)7-14-11(16)8-4-5-10(15(18)19)9(13)6-8/h4-6,17H,3,7H2,1-2H3,(H,14,16). The average molecular weight is 270 g/mol. The topological polar surface area (TPSA) is 92.5 Å². The number of carbonyl (C=O) groups excluding carboxylic acids is 1. The minimum absolute atomic E-state index is 0.0148. The second kappa shape index (κ2) is 5.75. The fourth-order valence-electron chi connectivity index (χ4n) is 1.29. The Labute approximate surface area is 109 Å². The number of benzene rings is 1. The molecule has 0 aliphatic rings. The van der Waals surface area contributed by atoms with Crippen LogP contribution in [0.1, 0.15) is 30.6 Å². The normalized spacial score (nSPS) is 13.7. The summed E-state index contributed by atoms with van der Waals surface area (Å²) in [7, 11) is 0. The Morgan fingerprint density at radius 2 is 2.21 bits per heavy atom. The van der Waals surface area contributed by atoms with Crippen molar-refractivity contribution in [2.45, 2.75) is 25.9 Å². The summed E-state index contributed by atoms with van der Waals surface area (Å²) in [6, 6.07) is 2.90. The van der Waals surface area contributed by atoms with E-state index in [0.29, 0.717) is 6.42 Å². The van der Waals surface area contributed by atoms with E-state index in [-0.39, 0.29) is 12.1 Å². The maximum atomic E-state index is 13.3. The molecule has 6 nitrogen and oxygen atoms in total. The summed E-state index contributed by atoms with van der Waals surface area (Å²) in [6.45, 7) is 3.34. The molecule has 1 aromatic rings. The van der Waals surface area contributed by atoms with Crippen LogP contribution in [0.5, 0.6) is 0 Å². The highest BCUT2D eigenvalue weighted by Gasteiger charge is 2.20. The van der Waals surface area contributed by atoms with Crippen LogP contribution in [0.4, 0.5) is 10.1 Å². The first-order valence-electron chi connectivity index (χ1n) is 5.71. The Morgan fingerprint density at radius 3 is 2.68 bits per heavy atom. The van der Waals surface area contributed by atoms with Gasteiger partial charge in [-0.3, -0.25) is 14.9 Å². The number of amides is 1. The SMILES string of the molecule is CCC(C)(O)CNC(=O)c1ccc([N+](=O)[O-])c(F)c1. The highest BCUT2D eigenvalue weighted by molar-refractivity contribution is 5.94. The number of carbonyl (C=O) groups is 1. The average Bonchev–Trinajstić information content (AvgIpc) is 2.35. The van der Waals surface area contributed by atoms with Crippen LogP contribution >= 0.6 is 0 Å². The molecule has 0 heterocycles. The lowest BCUT2D eigenvalue weighted by atomic mass is 10.0. The molecule has 0 spiro atoms. The molecule has 1 rings (SSSR count). The molecule has 1 amide bonds. The molecule has 0 aromatic heterocycles. The van der Waals surface area contributed by atoms with Gasteiger partial charge in [-0.25, -0.2) is 0 Å². The van der Waals surface area contributed by atoms with Gasteiger partial charge in [0.2, 0.25) is 5.82 Å². The van der Waals surface area contributed by atoms with E-state index in [1.807, 2.05) is 0 Å². The first kappa shape index (κ1) is 15.0. The maximum absolute atomic E-state index is 13.3. The van der Waals surface area contributed by atoms with Gasteiger partial charge in [-0.1, -0.05) is 6.92 Å². The van der Waals surface area contributed by atoms with Crippen LogP contribution in [-0.4, -0.2) is 28.1 Å². The van der Waals surface area contributed by atoms with Gasteiger partial charge in [0.1, 0.15) is 0 Å². The lowest BCUT2D eigenvalue weighted by molar-refractivity contribution is -0.387. The Morgan fingerprint density at radius 1 is 1.58 bits per heavy atom. The van der Waals surface area contributed by atoms with Crippen molar-refractivity contribution in [3.63, 3.8) is 0 Å². The number of hydrogen-bond acceptors (Lipinski definition) is 4. The molecule has 0 fully saturated rings. The monoisotopic (exact) mass is 270 g/mol. The molecule has 0 aliphatic carbocycles. The highest BCUT2D eigenvalue weighted by Crippen LogP contribution is 2.18. The van der Waals surface area contributed by atoms with E-state index in [1.54, 1.807) is 13.8 Å². The summed E-state index contributed by atoms with van der Waals surface area (Å²) in [6.07, 6.45) is 0.446. The fourth-order valence-corrected chi connectivity index (χ4v) is 1.29. The van der Waals surface area contributed by atoms with E-state index in [9.17, 15) is 24.4 Å². The lowest BCUT2D eigenvalue weighted by Crippen LogP contribution is -2.40. The van der Waals surface area contributed by atoms with Gasteiger partial charge in [-0.2, -0.15) is 4.39 Å².